The summed E-state index contributed by atoms with van der Waals surface area (Å²) in [5, 5.41) is 0. The Balaban J connectivity index is 2.79. The van der Waals surface area contributed by atoms with Crippen molar-refractivity contribution in [3.63, 3.8) is 0 Å². The maximum atomic E-state index is 11.8. The van der Waals surface area contributed by atoms with Crippen LogP contribution >= 0.6 is 11.3 Å². The van der Waals surface area contributed by atoms with Crippen LogP contribution in [0.2, 0.25) is 0 Å². The van der Waals surface area contributed by atoms with Gasteiger partial charge in [0.1, 0.15) is 0 Å². The quantitative estimate of drug-likeness (QED) is 0.835. The molecule has 7 heteroatoms. The van der Waals surface area contributed by atoms with Crippen molar-refractivity contribution in [2.45, 2.75) is 31.4 Å². The molecule has 0 aliphatic rings. The first-order valence-corrected chi connectivity index (χ1v) is 7.32. The van der Waals surface area contributed by atoms with Crippen molar-refractivity contribution in [3.05, 3.63) is 15.4 Å². The third-order valence-corrected chi connectivity index (χ3v) is 5.10. The van der Waals surface area contributed by atoms with E-state index in [9.17, 15) is 13.2 Å². The first-order valence-electron chi connectivity index (χ1n) is 5.02. The SMILES string of the molecule is Cc1[nH]c(=O)sc1S(=O)(=O)NCCC(C)C. The number of aromatic nitrogens is 1. The third-order valence-electron chi connectivity index (χ3n) is 2.04. The highest BCUT2D eigenvalue weighted by Gasteiger charge is 2.19. The summed E-state index contributed by atoms with van der Waals surface area (Å²) in [5.41, 5.74) is 0.395. The summed E-state index contributed by atoms with van der Waals surface area (Å²) < 4.78 is 26.1. The van der Waals surface area contributed by atoms with E-state index in [1.807, 2.05) is 13.8 Å². The van der Waals surface area contributed by atoms with E-state index >= 15 is 0 Å². The fourth-order valence-corrected chi connectivity index (χ4v) is 3.59. The molecule has 1 aromatic rings. The summed E-state index contributed by atoms with van der Waals surface area (Å²) in [5.74, 6) is 0.439. The lowest BCUT2D eigenvalue weighted by molar-refractivity contribution is 0.552. The van der Waals surface area contributed by atoms with Crippen molar-refractivity contribution in [2.75, 3.05) is 6.54 Å². The van der Waals surface area contributed by atoms with Crippen LogP contribution in [-0.4, -0.2) is 19.9 Å². The van der Waals surface area contributed by atoms with Crippen molar-refractivity contribution >= 4 is 21.4 Å². The van der Waals surface area contributed by atoms with Crippen molar-refractivity contribution in [3.8, 4) is 0 Å². The molecule has 16 heavy (non-hydrogen) atoms. The average molecular weight is 264 g/mol. The lowest BCUT2D eigenvalue weighted by Gasteiger charge is -2.06. The van der Waals surface area contributed by atoms with Crippen molar-refractivity contribution in [2.24, 2.45) is 5.92 Å². The lowest BCUT2D eigenvalue weighted by atomic mass is 10.1. The van der Waals surface area contributed by atoms with Crippen LogP contribution in [0.4, 0.5) is 0 Å². The van der Waals surface area contributed by atoms with E-state index in [0.29, 0.717) is 18.2 Å². The molecule has 2 N–H and O–H groups in total. The fraction of sp³-hybridized carbons (Fsp3) is 0.667. The normalized spacial score (nSPS) is 12.2. The topological polar surface area (TPSA) is 79.0 Å². The van der Waals surface area contributed by atoms with Crippen LogP contribution in [0.25, 0.3) is 0 Å². The molecule has 92 valence electrons. The van der Waals surface area contributed by atoms with Gasteiger partial charge in [-0.3, -0.25) is 4.79 Å². The van der Waals surface area contributed by atoms with Crippen LogP contribution in [0.1, 0.15) is 26.0 Å². The van der Waals surface area contributed by atoms with E-state index in [1.54, 1.807) is 6.92 Å². The van der Waals surface area contributed by atoms with Crippen LogP contribution < -0.4 is 9.60 Å². The summed E-state index contributed by atoms with van der Waals surface area (Å²) in [7, 11) is -3.53. The molecule has 0 spiro atoms. The minimum atomic E-state index is -3.53. The van der Waals surface area contributed by atoms with E-state index in [0.717, 1.165) is 17.8 Å². The van der Waals surface area contributed by atoms with Crippen molar-refractivity contribution in [1.29, 1.82) is 0 Å². The van der Waals surface area contributed by atoms with Crippen molar-refractivity contribution < 1.29 is 8.42 Å². The maximum absolute atomic E-state index is 11.8. The molecule has 0 amide bonds. The summed E-state index contributed by atoms with van der Waals surface area (Å²) in [6, 6.07) is 0. The summed E-state index contributed by atoms with van der Waals surface area (Å²) in [6.45, 7) is 6.02. The molecule has 0 aliphatic heterocycles. The highest BCUT2D eigenvalue weighted by Crippen LogP contribution is 2.15. The van der Waals surface area contributed by atoms with Gasteiger partial charge in [-0.2, -0.15) is 0 Å². The highest BCUT2D eigenvalue weighted by atomic mass is 32.2. The Kier molecular flexibility index (Phi) is 4.28. The maximum Gasteiger partial charge on any atom is 0.305 e. The highest BCUT2D eigenvalue weighted by molar-refractivity contribution is 7.91. The number of rotatable bonds is 5. The summed E-state index contributed by atoms with van der Waals surface area (Å²) in [4.78, 5) is 13.1. The smallest absolute Gasteiger partial charge is 0.305 e. The lowest BCUT2D eigenvalue weighted by Crippen LogP contribution is -2.25. The van der Waals surface area contributed by atoms with Crippen LogP contribution in [0.15, 0.2) is 9.00 Å². The van der Waals surface area contributed by atoms with Gasteiger partial charge in [-0.25, -0.2) is 13.1 Å². The van der Waals surface area contributed by atoms with Gasteiger partial charge in [-0.15, -0.1) is 0 Å². The molecule has 1 heterocycles. The number of hydrogen-bond acceptors (Lipinski definition) is 4. The zero-order valence-electron chi connectivity index (χ0n) is 9.53. The van der Waals surface area contributed by atoms with Crippen LogP contribution in [0.3, 0.4) is 0 Å². The Labute approximate surface area is 99.0 Å². The zero-order valence-corrected chi connectivity index (χ0v) is 11.2. The molecular formula is C9H16N2O3S2. The second-order valence-electron chi connectivity index (χ2n) is 4.01. The molecule has 1 aromatic heterocycles. The molecule has 0 saturated heterocycles. The van der Waals surface area contributed by atoms with Crippen LogP contribution in [0.5, 0.6) is 0 Å². The van der Waals surface area contributed by atoms with Gasteiger partial charge in [0.15, 0.2) is 4.21 Å². The molecule has 0 unspecified atom stereocenters. The number of sulfonamides is 1. The molecule has 0 aromatic carbocycles. The standard InChI is InChI=1S/C9H16N2O3S2/c1-6(2)4-5-10-16(13,14)8-7(3)11-9(12)15-8/h6,10H,4-5H2,1-3H3,(H,11,12). The van der Waals surface area contributed by atoms with E-state index in [2.05, 4.69) is 9.71 Å². The fourth-order valence-electron chi connectivity index (χ4n) is 1.19. The van der Waals surface area contributed by atoms with Gasteiger partial charge >= 0.3 is 4.87 Å². The number of aryl methyl sites for hydroxylation is 1. The molecule has 1 rings (SSSR count). The van der Waals surface area contributed by atoms with Crippen LogP contribution in [0, 0.1) is 12.8 Å². The van der Waals surface area contributed by atoms with Gasteiger partial charge in [-0.1, -0.05) is 25.2 Å². The summed E-state index contributed by atoms with van der Waals surface area (Å²) in [6.07, 6.45) is 0.775. The zero-order chi connectivity index (χ0) is 12.3. The minimum absolute atomic E-state index is 0.0845. The molecule has 0 radical (unpaired) electrons. The Hall–Kier alpha value is -0.660. The molecule has 0 aliphatic carbocycles. The average Bonchev–Trinajstić information content (AvgIpc) is 2.44. The Morgan fingerprint density at radius 3 is 2.50 bits per heavy atom. The second kappa shape index (κ2) is 5.11. The third kappa shape index (κ3) is 3.43. The van der Waals surface area contributed by atoms with E-state index in [-0.39, 0.29) is 9.08 Å². The molecule has 0 fully saturated rings. The summed E-state index contributed by atoms with van der Waals surface area (Å²) >= 11 is 0.719. The predicted octanol–water partition coefficient (Wildman–Crippen LogP) is 1.07. The minimum Gasteiger partial charge on any atom is -0.315 e. The molecule has 0 bridgehead atoms. The first-order chi connectivity index (χ1) is 7.33. The number of nitrogens with one attached hydrogen (secondary N) is 2. The largest absolute Gasteiger partial charge is 0.315 e. The number of hydrogen-bond donors (Lipinski definition) is 2. The molecule has 0 atom stereocenters. The van der Waals surface area contributed by atoms with Crippen LogP contribution in [-0.2, 0) is 10.0 Å². The number of H-pyrrole nitrogens is 1. The van der Waals surface area contributed by atoms with Gasteiger partial charge in [0.25, 0.3) is 10.0 Å². The van der Waals surface area contributed by atoms with Gasteiger partial charge < -0.3 is 4.98 Å². The Bertz CT molecular complexity index is 499. The first kappa shape index (κ1) is 13.4. The van der Waals surface area contributed by atoms with Gasteiger partial charge in [0.05, 0.1) is 0 Å². The monoisotopic (exact) mass is 264 g/mol. The van der Waals surface area contributed by atoms with E-state index in [1.165, 1.54) is 0 Å². The van der Waals surface area contributed by atoms with E-state index < -0.39 is 10.0 Å². The number of thiazole rings is 1. The predicted molar refractivity (Wildman–Crippen MR) is 64.3 cm³/mol. The van der Waals surface area contributed by atoms with Crippen molar-refractivity contribution in [1.82, 2.24) is 9.71 Å². The van der Waals surface area contributed by atoms with Gasteiger partial charge in [0.2, 0.25) is 0 Å². The Morgan fingerprint density at radius 2 is 2.06 bits per heavy atom. The molecule has 5 nitrogen and oxygen atoms in total. The second-order valence-corrected chi connectivity index (χ2v) is 6.95. The van der Waals surface area contributed by atoms with E-state index in [4.69, 9.17) is 0 Å². The van der Waals surface area contributed by atoms with Gasteiger partial charge in [0, 0.05) is 12.2 Å². The van der Waals surface area contributed by atoms with Gasteiger partial charge in [-0.05, 0) is 19.3 Å². The Morgan fingerprint density at radius 1 is 1.44 bits per heavy atom. The molecule has 0 saturated carbocycles. The number of aromatic amines is 1. The molecular weight excluding hydrogens is 248 g/mol.